The van der Waals surface area contributed by atoms with Gasteiger partial charge in [-0.3, -0.25) is 0 Å². The van der Waals surface area contributed by atoms with Crippen LogP contribution in [0.25, 0.3) is 11.0 Å². The fourth-order valence-corrected chi connectivity index (χ4v) is 2.02. The molecule has 18 heavy (non-hydrogen) atoms. The van der Waals surface area contributed by atoms with E-state index >= 15 is 0 Å². The molecule has 0 atom stereocenters. The number of hydrogen-bond donors (Lipinski definition) is 2. The Bertz CT molecular complexity index is 499. The lowest BCUT2D eigenvalue weighted by Gasteiger charge is -2.05. The van der Waals surface area contributed by atoms with Gasteiger partial charge in [0.1, 0.15) is 5.82 Å². The van der Waals surface area contributed by atoms with Crippen molar-refractivity contribution >= 4 is 11.0 Å². The zero-order valence-corrected chi connectivity index (χ0v) is 11.6. The van der Waals surface area contributed by atoms with Gasteiger partial charge in [-0.05, 0) is 43.5 Å². The Labute approximate surface area is 109 Å². The molecule has 0 fully saturated rings. The largest absolute Gasteiger partial charge is 0.342 e. The maximum Gasteiger partial charge on any atom is 0.108 e. The van der Waals surface area contributed by atoms with Crippen LogP contribution in [0.15, 0.2) is 18.2 Å². The normalized spacial score (nSPS) is 11.6. The molecule has 0 saturated carbocycles. The molecule has 0 saturated heterocycles. The molecule has 0 amide bonds. The van der Waals surface area contributed by atoms with Gasteiger partial charge in [0, 0.05) is 13.0 Å². The van der Waals surface area contributed by atoms with Crippen LogP contribution in [0.1, 0.15) is 31.7 Å². The zero-order chi connectivity index (χ0) is 13.0. The van der Waals surface area contributed by atoms with E-state index in [0.717, 1.165) is 42.3 Å². The summed E-state index contributed by atoms with van der Waals surface area (Å²) in [4.78, 5) is 7.98. The van der Waals surface area contributed by atoms with E-state index in [4.69, 9.17) is 0 Å². The molecule has 0 aliphatic heterocycles. The molecule has 1 aromatic heterocycles. The third-order valence-electron chi connectivity index (χ3n) is 3.12. The Morgan fingerprint density at radius 2 is 2.11 bits per heavy atom. The number of aromatic nitrogens is 2. The van der Waals surface area contributed by atoms with Gasteiger partial charge in [0.2, 0.25) is 0 Å². The molecular formula is C15H23N3. The number of hydrogen-bond acceptors (Lipinski definition) is 2. The summed E-state index contributed by atoms with van der Waals surface area (Å²) in [7, 11) is 0. The van der Waals surface area contributed by atoms with Crippen LogP contribution in [0, 0.1) is 12.8 Å². The second-order valence-corrected chi connectivity index (χ2v) is 5.39. The Balaban J connectivity index is 1.84. The summed E-state index contributed by atoms with van der Waals surface area (Å²) in [5.41, 5.74) is 3.48. The molecule has 0 aliphatic rings. The minimum Gasteiger partial charge on any atom is -0.342 e. The highest BCUT2D eigenvalue weighted by atomic mass is 14.9. The number of imidazole rings is 1. The average molecular weight is 245 g/mol. The number of rotatable bonds is 6. The highest BCUT2D eigenvalue weighted by molar-refractivity contribution is 5.75. The number of benzene rings is 1. The van der Waals surface area contributed by atoms with E-state index < -0.39 is 0 Å². The zero-order valence-electron chi connectivity index (χ0n) is 11.6. The van der Waals surface area contributed by atoms with Crippen molar-refractivity contribution in [2.45, 2.75) is 33.6 Å². The molecule has 0 radical (unpaired) electrons. The summed E-state index contributed by atoms with van der Waals surface area (Å²) in [5.74, 6) is 1.85. The SMILES string of the molecule is Cc1ccc2nc(CCNCCC(C)C)[nH]c2c1. The van der Waals surface area contributed by atoms with Crippen molar-refractivity contribution in [2.75, 3.05) is 13.1 Å². The van der Waals surface area contributed by atoms with Crippen molar-refractivity contribution in [3.63, 3.8) is 0 Å². The lowest BCUT2D eigenvalue weighted by molar-refractivity contribution is 0.537. The van der Waals surface area contributed by atoms with Gasteiger partial charge < -0.3 is 10.3 Å². The average Bonchev–Trinajstić information content (AvgIpc) is 2.70. The van der Waals surface area contributed by atoms with Crippen LogP contribution in [0.4, 0.5) is 0 Å². The standard InChI is InChI=1S/C15H23N3/c1-11(2)6-8-16-9-7-15-17-13-5-4-12(3)10-14(13)18-15/h4-5,10-11,16H,6-9H2,1-3H3,(H,17,18). The van der Waals surface area contributed by atoms with Crippen LogP contribution in [-0.4, -0.2) is 23.1 Å². The van der Waals surface area contributed by atoms with Gasteiger partial charge in [-0.2, -0.15) is 0 Å². The Kier molecular flexibility index (Phi) is 4.37. The molecular weight excluding hydrogens is 222 g/mol. The van der Waals surface area contributed by atoms with Gasteiger partial charge in [-0.25, -0.2) is 4.98 Å². The fraction of sp³-hybridized carbons (Fsp3) is 0.533. The number of nitrogens with one attached hydrogen (secondary N) is 2. The smallest absolute Gasteiger partial charge is 0.108 e. The van der Waals surface area contributed by atoms with Crippen molar-refractivity contribution in [3.8, 4) is 0 Å². The minimum atomic E-state index is 0.770. The van der Waals surface area contributed by atoms with Crippen molar-refractivity contribution in [1.29, 1.82) is 0 Å². The number of aromatic amines is 1. The van der Waals surface area contributed by atoms with E-state index in [-0.39, 0.29) is 0 Å². The molecule has 3 nitrogen and oxygen atoms in total. The molecule has 0 spiro atoms. The Morgan fingerprint density at radius 3 is 2.89 bits per heavy atom. The van der Waals surface area contributed by atoms with Crippen molar-refractivity contribution in [1.82, 2.24) is 15.3 Å². The summed E-state index contributed by atoms with van der Waals surface area (Å²) in [6, 6.07) is 6.34. The van der Waals surface area contributed by atoms with Crippen molar-refractivity contribution in [3.05, 3.63) is 29.6 Å². The van der Waals surface area contributed by atoms with Crippen LogP contribution >= 0.6 is 0 Å². The maximum atomic E-state index is 4.59. The summed E-state index contributed by atoms with van der Waals surface area (Å²) >= 11 is 0. The first-order valence-electron chi connectivity index (χ1n) is 6.81. The van der Waals surface area contributed by atoms with E-state index in [1.165, 1.54) is 12.0 Å². The Morgan fingerprint density at radius 1 is 1.28 bits per heavy atom. The predicted octanol–water partition coefficient (Wildman–Crippen LogP) is 3.05. The van der Waals surface area contributed by atoms with E-state index in [9.17, 15) is 0 Å². The highest BCUT2D eigenvalue weighted by Crippen LogP contribution is 2.13. The van der Waals surface area contributed by atoms with Gasteiger partial charge in [0.25, 0.3) is 0 Å². The molecule has 0 unspecified atom stereocenters. The first-order valence-corrected chi connectivity index (χ1v) is 6.81. The topological polar surface area (TPSA) is 40.7 Å². The first-order chi connectivity index (χ1) is 8.65. The molecule has 98 valence electrons. The summed E-state index contributed by atoms with van der Waals surface area (Å²) < 4.78 is 0. The van der Waals surface area contributed by atoms with Crippen LogP contribution in [0.2, 0.25) is 0 Å². The maximum absolute atomic E-state index is 4.59. The fourth-order valence-electron chi connectivity index (χ4n) is 2.02. The van der Waals surface area contributed by atoms with Crippen LogP contribution in [-0.2, 0) is 6.42 Å². The number of H-pyrrole nitrogens is 1. The lowest BCUT2D eigenvalue weighted by Crippen LogP contribution is -2.20. The second-order valence-electron chi connectivity index (χ2n) is 5.39. The molecule has 1 aromatic carbocycles. The monoisotopic (exact) mass is 245 g/mol. The molecule has 1 heterocycles. The van der Waals surface area contributed by atoms with Crippen molar-refractivity contribution < 1.29 is 0 Å². The highest BCUT2D eigenvalue weighted by Gasteiger charge is 2.02. The minimum absolute atomic E-state index is 0.770. The number of nitrogens with zero attached hydrogens (tertiary/aromatic N) is 1. The van der Waals surface area contributed by atoms with Crippen LogP contribution < -0.4 is 5.32 Å². The summed E-state index contributed by atoms with van der Waals surface area (Å²) in [6.07, 6.45) is 2.20. The molecule has 0 aliphatic carbocycles. The van der Waals surface area contributed by atoms with Gasteiger partial charge in [0.05, 0.1) is 11.0 Å². The third kappa shape index (κ3) is 3.57. The van der Waals surface area contributed by atoms with Crippen molar-refractivity contribution in [2.24, 2.45) is 5.92 Å². The second kappa shape index (κ2) is 6.01. The number of fused-ring (bicyclic) bond motifs is 1. The molecule has 3 heteroatoms. The lowest BCUT2D eigenvalue weighted by atomic mass is 10.1. The quantitative estimate of drug-likeness (QED) is 0.768. The summed E-state index contributed by atoms with van der Waals surface area (Å²) in [5, 5.41) is 3.46. The van der Waals surface area contributed by atoms with E-state index in [2.05, 4.69) is 54.3 Å². The molecule has 2 aromatic rings. The number of aryl methyl sites for hydroxylation is 1. The predicted molar refractivity (Wildman–Crippen MR) is 76.9 cm³/mol. The molecule has 0 bridgehead atoms. The third-order valence-corrected chi connectivity index (χ3v) is 3.12. The van der Waals surface area contributed by atoms with E-state index in [0.29, 0.717) is 0 Å². The van der Waals surface area contributed by atoms with Crippen LogP contribution in [0.3, 0.4) is 0 Å². The van der Waals surface area contributed by atoms with E-state index in [1.54, 1.807) is 0 Å². The van der Waals surface area contributed by atoms with Gasteiger partial charge in [-0.1, -0.05) is 19.9 Å². The first kappa shape index (κ1) is 13.1. The molecule has 2 rings (SSSR count). The van der Waals surface area contributed by atoms with E-state index in [1.807, 2.05) is 0 Å². The van der Waals surface area contributed by atoms with Gasteiger partial charge >= 0.3 is 0 Å². The summed E-state index contributed by atoms with van der Waals surface area (Å²) in [6.45, 7) is 8.70. The molecule has 2 N–H and O–H groups in total. The van der Waals surface area contributed by atoms with Gasteiger partial charge in [0.15, 0.2) is 0 Å². The Hall–Kier alpha value is -1.35. The van der Waals surface area contributed by atoms with Gasteiger partial charge in [-0.15, -0.1) is 0 Å². The van der Waals surface area contributed by atoms with Crippen LogP contribution in [0.5, 0.6) is 0 Å².